The molecule has 11 heteroatoms. The van der Waals surface area contributed by atoms with Crippen molar-refractivity contribution in [2.24, 2.45) is 0 Å². The van der Waals surface area contributed by atoms with E-state index in [0.717, 1.165) is 62.2 Å². The van der Waals surface area contributed by atoms with Crippen LogP contribution < -0.4 is 5.32 Å². The summed E-state index contributed by atoms with van der Waals surface area (Å²) in [5, 5.41) is 24.8. The minimum absolute atomic E-state index is 0.194. The van der Waals surface area contributed by atoms with Crippen LogP contribution in [-0.2, 0) is 58.2 Å². The van der Waals surface area contributed by atoms with E-state index in [2.05, 4.69) is 63.0 Å². The van der Waals surface area contributed by atoms with Crippen LogP contribution in [0.1, 0.15) is 67.7 Å². The number of carbonyl (C=O) groups is 4. The molecule has 10 aromatic rings. The van der Waals surface area contributed by atoms with Gasteiger partial charge >= 0.3 is 11.9 Å². The summed E-state index contributed by atoms with van der Waals surface area (Å²) in [4.78, 5) is 51.4. The molecular weight excluding hydrogens is 980 g/mol. The molecule has 0 aliphatic carbocycles. The number of hydrogen-bond acceptors (Lipinski definition) is 5. The topological polar surface area (TPSA) is 134 Å². The maximum absolute atomic E-state index is 14.3. The van der Waals surface area contributed by atoms with Crippen LogP contribution in [0.4, 0.5) is 0 Å². The summed E-state index contributed by atoms with van der Waals surface area (Å²) in [6.45, 7) is 2.27. The van der Waals surface area contributed by atoms with Gasteiger partial charge in [0.25, 0.3) is 0 Å². The summed E-state index contributed by atoms with van der Waals surface area (Å²) >= 11 is 5.67. The number of hydrogen-bond donors (Lipinski definition) is 3. The molecule has 10 nitrogen and oxygen atoms in total. The smallest absolute Gasteiger partial charge is 0.326 e. The lowest BCUT2D eigenvalue weighted by Crippen LogP contribution is -2.50. The third kappa shape index (κ3) is 11.4. The van der Waals surface area contributed by atoms with Crippen LogP contribution in [0.3, 0.4) is 0 Å². The second-order valence-electron chi connectivity index (χ2n) is 19.3. The highest BCUT2D eigenvalue weighted by Crippen LogP contribution is 2.37. The molecule has 2 aliphatic heterocycles. The first kappa shape index (κ1) is 51.6. The van der Waals surface area contributed by atoms with Gasteiger partial charge in [-0.3, -0.25) is 19.7 Å². The van der Waals surface area contributed by atoms with E-state index >= 15 is 0 Å². The van der Waals surface area contributed by atoms with Crippen molar-refractivity contribution in [3.05, 3.63) is 286 Å². The van der Waals surface area contributed by atoms with Crippen molar-refractivity contribution in [3.8, 4) is 0 Å². The molecule has 0 saturated carbocycles. The standard InChI is InChI=1S/C33H28N2O3.C19H18N2O2.C14H11ClO/c36-32(31(24-14-6-2-7-15-24)25-16-8-3-9-17-25)35-22-27-26-18-10-11-19-28(26)34(21-23-12-4-1-5-13-23)29(27)20-30(35)33(37)38;22-19(23)16-10-18-15(11-20-16)14-8-4-5-9-17(14)21(18)12-13-6-2-1-3-7-13;15-14(16)13(11-7-3-1-4-8-11)12-9-5-2-6-10-12/h1-19,30-31H,20-22H2,(H,37,38);1-9,16,20H,10-12H2,(H,22,23);1-10,13H/t30-;16-;/m00./s1. The molecule has 0 fully saturated rings. The van der Waals surface area contributed by atoms with Gasteiger partial charge in [0.2, 0.25) is 11.1 Å². The Hall–Kier alpha value is -8.83. The van der Waals surface area contributed by atoms with Crippen LogP contribution in [0.25, 0.3) is 21.8 Å². The number of rotatable bonds is 12. The molecule has 0 radical (unpaired) electrons. The van der Waals surface area contributed by atoms with E-state index in [0.29, 0.717) is 19.5 Å². The van der Waals surface area contributed by atoms with E-state index < -0.39 is 29.9 Å². The lowest BCUT2D eigenvalue weighted by molar-refractivity contribution is -0.151. The Labute approximate surface area is 452 Å². The number of carbonyl (C=O) groups excluding carboxylic acids is 2. The minimum Gasteiger partial charge on any atom is -0.480 e. The van der Waals surface area contributed by atoms with Crippen LogP contribution in [-0.4, -0.2) is 59.4 Å². The minimum atomic E-state index is -0.986. The van der Waals surface area contributed by atoms with Crippen LogP contribution in [0.15, 0.2) is 231 Å². The number of para-hydroxylation sites is 2. The van der Waals surface area contributed by atoms with E-state index in [4.69, 9.17) is 11.6 Å². The Morgan fingerprint density at radius 2 is 0.844 bits per heavy atom. The Kier molecular flexibility index (Phi) is 16.0. The second-order valence-corrected chi connectivity index (χ2v) is 19.7. The van der Waals surface area contributed by atoms with E-state index in [-0.39, 0.29) is 30.0 Å². The largest absolute Gasteiger partial charge is 0.480 e. The first-order valence-corrected chi connectivity index (χ1v) is 26.2. The molecule has 0 saturated heterocycles. The van der Waals surface area contributed by atoms with E-state index in [9.17, 15) is 29.4 Å². The molecule has 4 heterocycles. The third-order valence-electron chi connectivity index (χ3n) is 14.6. The Morgan fingerprint density at radius 3 is 1.26 bits per heavy atom. The number of aliphatic carboxylic acids is 2. The van der Waals surface area contributed by atoms with Gasteiger partial charge in [0.15, 0.2) is 0 Å². The predicted molar refractivity (Wildman–Crippen MR) is 303 cm³/mol. The van der Waals surface area contributed by atoms with Crippen LogP contribution in [0.5, 0.6) is 0 Å². The molecule has 0 bridgehead atoms. The van der Waals surface area contributed by atoms with Crippen LogP contribution in [0, 0.1) is 0 Å². The number of amides is 1. The molecule has 384 valence electrons. The normalized spacial score (nSPS) is 14.7. The van der Waals surface area contributed by atoms with E-state index in [1.54, 1.807) is 4.90 Å². The molecule has 0 spiro atoms. The molecule has 77 heavy (non-hydrogen) atoms. The molecule has 0 unspecified atom stereocenters. The Balaban J connectivity index is 0.000000146. The molecule has 1 amide bonds. The Bertz CT molecular complexity index is 3570. The maximum atomic E-state index is 14.3. The molecule has 8 aromatic carbocycles. The molecule has 3 N–H and O–H groups in total. The zero-order valence-corrected chi connectivity index (χ0v) is 43.0. The van der Waals surface area contributed by atoms with Crippen LogP contribution in [0.2, 0.25) is 0 Å². The number of halogens is 1. The second kappa shape index (κ2) is 23.8. The Morgan fingerprint density at radius 1 is 0.468 bits per heavy atom. The van der Waals surface area contributed by atoms with Gasteiger partial charge in [0.05, 0.1) is 11.8 Å². The van der Waals surface area contributed by atoms with Gasteiger partial charge in [0.1, 0.15) is 12.1 Å². The fourth-order valence-electron chi connectivity index (χ4n) is 11.0. The summed E-state index contributed by atoms with van der Waals surface area (Å²) < 4.78 is 4.50. The lowest BCUT2D eigenvalue weighted by atomic mass is 9.88. The highest BCUT2D eigenvalue weighted by Gasteiger charge is 2.41. The molecule has 2 aliphatic rings. The van der Waals surface area contributed by atoms with Gasteiger partial charge in [-0.2, -0.15) is 0 Å². The van der Waals surface area contributed by atoms with Crippen molar-refractivity contribution >= 4 is 56.5 Å². The van der Waals surface area contributed by atoms with Crippen molar-refractivity contribution < 1.29 is 29.4 Å². The zero-order valence-electron chi connectivity index (χ0n) is 42.2. The first-order chi connectivity index (χ1) is 37.6. The van der Waals surface area contributed by atoms with Crippen LogP contribution >= 0.6 is 11.6 Å². The van der Waals surface area contributed by atoms with Gasteiger partial charge in [0, 0.05) is 77.8 Å². The fourth-order valence-corrected chi connectivity index (χ4v) is 11.2. The number of carboxylic acids is 2. The predicted octanol–water partition coefficient (Wildman–Crippen LogP) is 12.2. The molecule has 12 rings (SSSR count). The van der Waals surface area contributed by atoms with Gasteiger partial charge in [-0.15, -0.1) is 0 Å². The van der Waals surface area contributed by atoms with E-state index in [1.165, 1.54) is 22.0 Å². The number of benzene rings is 8. The number of aromatic nitrogens is 2. The van der Waals surface area contributed by atoms with Gasteiger partial charge < -0.3 is 24.2 Å². The van der Waals surface area contributed by atoms with Gasteiger partial charge in [-0.05, 0) is 62.7 Å². The van der Waals surface area contributed by atoms with Gasteiger partial charge in [-0.1, -0.05) is 218 Å². The van der Waals surface area contributed by atoms with Crippen molar-refractivity contribution in [1.29, 1.82) is 0 Å². The average molecular weight is 1040 g/mol. The first-order valence-electron chi connectivity index (χ1n) is 25.8. The van der Waals surface area contributed by atoms with E-state index in [1.807, 2.05) is 182 Å². The summed E-state index contributed by atoms with van der Waals surface area (Å²) in [5.41, 5.74) is 12.5. The fraction of sp³-hybridized carbons (Fsp3) is 0.152. The molecular formula is C66H57ClN4O6. The third-order valence-corrected chi connectivity index (χ3v) is 14.9. The number of nitrogens with one attached hydrogen (secondary N) is 1. The number of carboxylic acid groups (broad SMARTS) is 2. The quantitative estimate of drug-likeness (QED) is 0.104. The van der Waals surface area contributed by atoms with Crippen molar-refractivity contribution in [2.45, 2.75) is 62.9 Å². The SMILES string of the molecule is O=C(Cl)C(c1ccccc1)c1ccccc1.O=C(O)[C@@H]1Cc2c(c3ccccc3n2Cc2ccccc2)CN1.O=C(O)[C@@H]1Cc2c(c3ccccc3n2Cc2ccccc2)CN1C(=O)C(c1ccccc1)c1ccccc1. The highest BCUT2D eigenvalue weighted by molar-refractivity contribution is 6.65. The lowest BCUT2D eigenvalue weighted by Gasteiger charge is -2.36. The summed E-state index contributed by atoms with van der Waals surface area (Å²) in [7, 11) is 0. The van der Waals surface area contributed by atoms with Crippen molar-refractivity contribution in [2.75, 3.05) is 0 Å². The monoisotopic (exact) mass is 1040 g/mol. The van der Waals surface area contributed by atoms with Gasteiger partial charge in [-0.25, -0.2) is 4.79 Å². The summed E-state index contributed by atoms with van der Waals surface area (Å²) in [6.07, 6.45) is 0.778. The maximum Gasteiger partial charge on any atom is 0.326 e. The highest BCUT2D eigenvalue weighted by atomic mass is 35.5. The molecule has 2 atom stereocenters. The van der Waals surface area contributed by atoms with Crippen molar-refractivity contribution in [3.63, 3.8) is 0 Å². The number of nitrogens with zero attached hydrogens (tertiary/aromatic N) is 3. The summed E-state index contributed by atoms with van der Waals surface area (Å²) in [6, 6.07) is 73.9. The average Bonchev–Trinajstić information content (AvgIpc) is 4.10. The number of fused-ring (bicyclic) bond motifs is 6. The zero-order chi connectivity index (χ0) is 53.3. The summed E-state index contributed by atoms with van der Waals surface area (Å²) in [5.74, 6) is -2.92. The molecule has 2 aromatic heterocycles. The van der Waals surface area contributed by atoms with Crippen molar-refractivity contribution in [1.82, 2.24) is 19.4 Å².